The van der Waals surface area contributed by atoms with Crippen LogP contribution in [0.3, 0.4) is 0 Å². The molecular formula is C22H25N3O. The smallest absolute Gasteiger partial charge is 0.162 e. The van der Waals surface area contributed by atoms with Crippen LogP contribution >= 0.6 is 0 Å². The molecule has 4 heteroatoms. The Morgan fingerprint density at radius 1 is 0.885 bits per heavy atom. The van der Waals surface area contributed by atoms with E-state index in [4.69, 9.17) is 4.74 Å². The number of nitrogens with zero attached hydrogens (tertiary/aromatic N) is 2. The summed E-state index contributed by atoms with van der Waals surface area (Å²) in [5, 5.41) is 3.32. The van der Waals surface area contributed by atoms with Crippen LogP contribution in [-0.2, 0) is 4.74 Å². The lowest BCUT2D eigenvalue weighted by Gasteiger charge is -2.29. The van der Waals surface area contributed by atoms with Crippen molar-refractivity contribution in [2.24, 2.45) is 0 Å². The van der Waals surface area contributed by atoms with E-state index in [9.17, 15) is 0 Å². The molecule has 0 spiro atoms. The maximum atomic E-state index is 6.63. The molecule has 0 saturated carbocycles. The van der Waals surface area contributed by atoms with Gasteiger partial charge in [0.25, 0.3) is 0 Å². The van der Waals surface area contributed by atoms with Gasteiger partial charge in [0.15, 0.2) is 5.82 Å². The molecule has 3 rings (SSSR count). The summed E-state index contributed by atoms with van der Waals surface area (Å²) in [6.07, 6.45) is 1.32. The standard InChI is InChI=1S/C22H25N3O/c1-16-14-15-24-22(25-16)21(19-12-8-5-9-13-19)26-20(17(2)23-3)18-10-6-4-7-11-18/h4-15,17,20-21,23H,1-3H3/t17-,20-,21-/m0/s1. The summed E-state index contributed by atoms with van der Waals surface area (Å²) in [6, 6.07) is 22.5. The Kier molecular flexibility index (Phi) is 6.10. The predicted octanol–water partition coefficient (Wildman–Crippen LogP) is 4.24. The van der Waals surface area contributed by atoms with E-state index in [1.165, 1.54) is 0 Å². The van der Waals surface area contributed by atoms with Crippen molar-refractivity contribution in [2.45, 2.75) is 32.1 Å². The third-order valence-electron chi connectivity index (χ3n) is 4.47. The zero-order valence-electron chi connectivity index (χ0n) is 15.5. The van der Waals surface area contributed by atoms with Crippen LogP contribution < -0.4 is 5.32 Å². The van der Waals surface area contributed by atoms with Gasteiger partial charge in [0.1, 0.15) is 6.10 Å². The van der Waals surface area contributed by atoms with E-state index in [2.05, 4.69) is 46.5 Å². The highest BCUT2D eigenvalue weighted by molar-refractivity contribution is 5.25. The molecule has 0 aliphatic carbocycles. The summed E-state index contributed by atoms with van der Waals surface area (Å²) in [7, 11) is 1.95. The Labute approximate surface area is 155 Å². The fraction of sp³-hybridized carbons (Fsp3) is 0.273. The summed E-state index contributed by atoms with van der Waals surface area (Å²) < 4.78 is 6.63. The summed E-state index contributed by atoms with van der Waals surface area (Å²) in [6.45, 7) is 4.09. The van der Waals surface area contributed by atoms with Crippen LogP contribution in [-0.4, -0.2) is 23.1 Å². The van der Waals surface area contributed by atoms with Gasteiger partial charge in [0, 0.05) is 17.9 Å². The molecule has 2 aromatic carbocycles. The summed E-state index contributed by atoms with van der Waals surface area (Å²) in [5.74, 6) is 0.681. The molecule has 0 fully saturated rings. The van der Waals surface area contributed by atoms with Crippen LogP contribution in [0.15, 0.2) is 72.9 Å². The second-order valence-corrected chi connectivity index (χ2v) is 6.39. The first-order chi connectivity index (χ1) is 12.7. The van der Waals surface area contributed by atoms with Crippen molar-refractivity contribution in [2.75, 3.05) is 7.05 Å². The van der Waals surface area contributed by atoms with Gasteiger partial charge in [0.2, 0.25) is 0 Å². The average Bonchev–Trinajstić information content (AvgIpc) is 2.69. The Balaban J connectivity index is 2.00. The van der Waals surface area contributed by atoms with Crippen molar-refractivity contribution in [1.82, 2.24) is 15.3 Å². The van der Waals surface area contributed by atoms with Crippen molar-refractivity contribution >= 4 is 0 Å². The van der Waals surface area contributed by atoms with Gasteiger partial charge in [-0.15, -0.1) is 0 Å². The highest BCUT2D eigenvalue weighted by Gasteiger charge is 2.27. The average molecular weight is 347 g/mol. The van der Waals surface area contributed by atoms with Gasteiger partial charge < -0.3 is 10.1 Å². The summed E-state index contributed by atoms with van der Waals surface area (Å²) in [4.78, 5) is 9.12. The minimum Gasteiger partial charge on any atom is -0.356 e. The fourth-order valence-electron chi connectivity index (χ4n) is 2.94. The number of benzene rings is 2. The molecule has 134 valence electrons. The van der Waals surface area contributed by atoms with Gasteiger partial charge in [-0.05, 0) is 38.1 Å². The molecule has 0 radical (unpaired) electrons. The van der Waals surface area contributed by atoms with E-state index in [-0.39, 0.29) is 18.2 Å². The molecular weight excluding hydrogens is 322 g/mol. The number of aryl methyl sites for hydroxylation is 1. The number of ether oxygens (including phenoxy) is 1. The maximum absolute atomic E-state index is 6.63. The van der Waals surface area contributed by atoms with Crippen molar-refractivity contribution in [3.63, 3.8) is 0 Å². The monoisotopic (exact) mass is 347 g/mol. The molecule has 1 heterocycles. The van der Waals surface area contributed by atoms with Gasteiger partial charge in [0.05, 0.1) is 6.10 Å². The third kappa shape index (κ3) is 4.34. The molecule has 1 N–H and O–H groups in total. The maximum Gasteiger partial charge on any atom is 0.162 e. The number of nitrogens with one attached hydrogen (secondary N) is 1. The second kappa shape index (κ2) is 8.70. The quantitative estimate of drug-likeness (QED) is 0.694. The van der Waals surface area contributed by atoms with E-state index in [0.29, 0.717) is 5.82 Å². The molecule has 4 nitrogen and oxygen atoms in total. The van der Waals surface area contributed by atoms with Crippen molar-refractivity contribution in [3.8, 4) is 0 Å². The number of hydrogen-bond donors (Lipinski definition) is 1. The van der Waals surface area contributed by atoms with E-state index in [0.717, 1.165) is 16.8 Å². The molecule has 26 heavy (non-hydrogen) atoms. The molecule has 0 amide bonds. The van der Waals surface area contributed by atoms with Crippen LogP contribution in [0.2, 0.25) is 0 Å². The van der Waals surface area contributed by atoms with E-state index in [1.807, 2.05) is 56.4 Å². The first-order valence-electron chi connectivity index (χ1n) is 8.91. The summed E-state index contributed by atoms with van der Waals surface area (Å²) >= 11 is 0. The van der Waals surface area contributed by atoms with Crippen molar-refractivity contribution < 1.29 is 4.74 Å². The summed E-state index contributed by atoms with van der Waals surface area (Å²) in [5.41, 5.74) is 3.10. The molecule has 0 aliphatic heterocycles. The third-order valence-corrected chi connectivity index (χ3v) is 4.47. The van der Waals surface area contributed by atoms with Crippen LogP contribution in [0.1, 0.15) is 41.8 Å². The van der Waals surface area contributed by atoms with Crippen LogP contribution in [0.4, 0.5) is 0 Å². The minimum absolute atomic E-state index is 0.129. The van der Waals surface area contributed by atoms with E-state index in [1.54, 1.807) is 6.20 Å². The van der Waals surface area contributed by atoms with E-state index < -0.39 is 0 Å². The Hall–Kier alpha value is -2.56. The van der Waals surface area contributed by atoms with Gasteiger partial charge in [-0.2, -0.15) is 0 Å². The first kappa shape index (κ1) is 18.2. The first-order valence-corrected chi connectivity index (χ1v) is 8.91. The lowest BCUT2D eigenvalue weighted by Crippen LogP contribution is -2.32. The molecule has 0 bridgehead atoms. The highest BCUT2D eigenvalue weighted by atomic mass is 16.5. The lowest BCUT2D eigenvalue weighted by atomic mass is 10.0. The van der Waals surface area contributed by atoms with Gasteiger partial charge in [-0.25, -0.2) is 9.97 Å². The molecule has 0 aliphatic rings. The predicted molar refractivity (Wildman–Crippen MR) is 104 cm³/mol. The Morgan fingerprint density at radius 2 is 1.50 bits per heavy atom. The largest absolute Gasteiger partial charge is 0.356 e. The van der Waals surface area contributed by atoms with Crippen molar-refractivity contribution in [1.29, 1.82) is 0 Å². The molecule has 3 atom stereocenters. The molecule has 1 aromatic heterocycles. The van der Waals surface area contributed by atoms with Crippen molar-refractivity contribution in [3.05, 3.63) is 95.6 Å². The zero-order valence-corrected chi connectivity index (χ0v) is 15.5. The van der Waals surface area contributed by atoms with Crippen LogP contribution in [0.5, 0.6) is 0 Å². The normalized spacial score (nSPS) is 14.6. The SMILES string of the molecule is CN[C@@H](C)[C@H](O[C@@H](c1ccccc1)c1nccc(C)n1)c1ccccc1. The molecule has 3 aromatic rings. The Bertz CT molecular complexity index is 808. The number of rotatable bonds is 7. The number of aromatic nitrogens is 2. The minimum atomic E-state index is -0.336. The van der Waals surface area contributed by atoms with Gasteiger partial charge in [-0.1, -0.05) is 60.7 Å². The highest BCUT2D eigenvalue weighted by Crippen LogP contribution is 2.32. The lowest BCUT2D eigenvalue weighted by molar-refractivity contribution is -0.0149. The van der Waals surface area contributed by atoms with Crippen LogP contribution in [0, 0.1) is 6.92 Å². The van der Waals surface area contributed by atoms with Gasteiger partial charge in [-0.3, -0.25) is 0 Å². The van der Waals surface area contributed by atoms with Crippen LogP contribution in [0.25, 0.3) is 0 Å². The fourth-order valence-corrected chi connectivity index (χ4v) is 2.94. The second-order valence-electron chi connectivity index (χ2n) is 6.39. The van der Waals surface area contributed by atoms with Gasteiger partial charge >= 0.3 is 0 Å². The Morgan fingerprint density at radius 3 is 2.08 bits per heavy atom. The zero-order chi connectivity index (χ0) is 18.4. The molecule has 0 saturated heterocycles. The van der Waals surface area contributed by atoms with E-state index >= 15 is 0 Å². The number of hydrogen-bond acceptors (Lipinski definition) is 4. The molecule has 0 unspecified atom stereocenters. The number of likely N-dealkylation sites (N-methyl/N-ethyl adjacent to an activating group) is 1. The topological polar surface area (TPSA) is 47.0 Å².